The first-order chi connectivity index (χ1) is 9.56. The van der Waals surface area contributed by atoms with Crippen LogP contribution in [-0.2, 0) is 0 Å². The summed E-state index contributed by atoms with van der Waals surface area (Å²) in [6.45, 7) is 0.0923. The molecule has 110 valence electrons. The highest BCUT2D eigenvalue weighted by Gasteiger charge is 2.28. The van der Waals surface area contributed by atoms with Gasteiger partial charge in [0, 0.05) is 24.1 Å². The summed E-state index contributed by atoms with van der Waals surface area (Å²) in [5, 5.41) is 12.8. The summed E-state index contributed by atoms with van der Waals surface area (Å²) in [5.41, 5.74) is 0.393. The van der Waals surface area contributed by atoms with Crippen LogP contribution >= 0.6 is 23.2 Å². The molecule has 0 heterocycles. The van der Waals surface area contributed by atoms with Crippen molar-refractivity contribution in [2.45, 2.75) is 25.3 Å². The summed E-state index contributed by atoms with van der Waals surface area (Å²) in [6.07, 6.45) is 2.83. The van der Waals surface area contributed by atoms with Crippen molar-refractivity contribution in [2.24, 2.45) is 5.92 Å². The summed E-state index contributed by atoms with van der Waals surface area (Å²) >= 11 is 12.0. The molecular weight excluding hydrogens is 301 g/mol. The number of hydrogen-bond acceptors (Lipinski definition) is 3. The van der Waals surface area contributed by atoms with Crippen molar-refractivity contribution in [3.8, 4) is 5.75 Å². The van der Waals surface area contributed by atoms with Crippen molar-refractivity contribution in [3.63, 3.8) is 0 Å². The molecule has 0 radical (unpaired) electrons. The van der Waals surface area contributed by atoms with Crippen LogP contribution in [0.5, 0.6) is 5.75 Å². The Kier molecular flexibility index (Phi) is 5.13. The lowest BCUT2D eigenvalue weighted by Crippen LogP contribution is -2.38. The molecule has 0 saturated heterocycles. The fourth-order valence-corrected chi connectivity index (χ4v) is 3.22. The molecule has 2 N–H and O–H groups in total. The third kappa shape index (κ3) is 3.19. The fourth-order valence-electron chi connectivity index (χ4n) is 2.58. The highest BCUT2D eigenvalue weighted by Crippen LogP contribution is 2.34. The maximum Gasteiger partial charge on any atom is 0.251 e. The highest BCUT2D eigenvalue weighted by atomic mass is 35.5. The molecule has 1 fully saturated rings. The predicted molar refractivity (Wildman–Crippen MR) is 78.7 cm³/mol. The van der Waals surface area contributed by atoms with Crippen LogP contribution < -0.4 is 10.1 Å². The zero-order valence-electron chi connectivity index (χ0n) is 11.2. The Labute approximate surface area is 128 Å². The van der Waals surface area contributed by atoms with Crippen molar-refractivity contribution in [3.05, 3.63) is 27.7 Å². The second-order valence-electron chi connectivity index (χ2n) is 4.93. The molecular formula is C14H17Cl2NO3. The number of methoxy groups -OCH3 is 1. The molecule has 1 aliphatic rings. The van der Waals surface area contributed by atoms with Crippen molar-refractivity contribution in [1.29, 1.82) is 0 Å². The molecule has 1 aliphatic carbocycles. The van der Waals surface area contributed by atoms with Gasteiger partial charge in [0.25, 0.3) is 5.91 Å². The van der Waals surface area contributed by atoms with Gasteiger partial charge >= 0.3 is 0 Å². The fraction of sp³-hybridized carbons (Fsp3) is 0.500. The van der Waals surface area contributed by atoms with Gasteiger partial charge in [0.2, 0.25) is 0 Å². The van der Waals surface area contributed by atoms with Crippen molar-refractivity contribution in [2.75, 3.05) is 13.7 Å². The van der Waals surface area contributed by atoms with Gasteiger partial charge in [-0.15, -0.1) is 0 Å². The molecule has 1 aromatic carbocycles. The molecule has 2 atom stereocenters. The van der Waals surface area contributed by atoms with Gasteiger partial charge in [-0.3, -0.25) is 4.79 Å². The number of halogens is 2. The van der Waals surface area contributed by atoms with Gasteiger partial charge < -0.3 is 15.2 Å². The van der Waals surface area contributed by atoms with Gasteiger partial charge in [-0.05, 0) is 25.0 Å². The number of carbonyl (C=O) groups excluding carboxylic acids is 1. The van der Waals surface area contributed by atoms with Crippen LogP contribution in [0.3, 0.4) is 0 Å². The summed E-state index contributed by atoms with van der Waals surface area (Å²) in [6, 6.07) is 3.07. The Bertz CT molecular complexity index is 484. The quantitative estimate of drug-likeness (QED) is 0.897. The number of hydrogen-bond donors (Lipinski definition) is 2. The largest absolute Gasteiger partial charge is 0.494 e. The average Bonchev–Trinajstić information content (AvgIpc) is 2.85. The third-order valence-electron chi connectivity index (χ3n) is 3.67. The lowest BCUT2D eigenvalue weighted by Gasteiger charge is -2.19. The van der Waals surface area contributed by atoms with E-state index in [0.717, 1.165) is 19.3 Å². The molecule has 4 nitrogen and oxygen atoms in total. The number of aliphatic hydroxyl groups is 1. The molecule has 1 saturated carbocycles. The van der Waals surface area contributed by atoms with E-state index in [1.54, 1.807) is 0 Å². The Morgan fingerprint density at radius 1 is 1.40 bits per heavy atom. The van der Waals surface area contributed by atoms with Gasteiger partial charge in [0.05, 0.1) is 17.2 Å². The van der Waals surface area contributed by atoms with Crippen molar-refractivity contribution >= 4 is 29.1 Å². The highest BCUT2D eigenvalue weighted by molar-refractivity contribution is 6.37. The normalized spacial score (nSPS) is 21.8. The lowest BCUT2D eigenvalue weighted by molar-refractivity contribution is 0.0916. The number of ether oxygens (including phenoxy) is 1. The predicted octanol–water partition coefficient (Wildman–Crippen LogP) is 2.89. The number of nitrogens with one attached hydrogen (secondary N) is 1. The summed E-state index contributed by atoms with van der Waals surface area (Å²) in [7, 11) is 1.47. The Morgan fingerprint density at radius 3 is 2.60 bits per heavy atom. The standard InChI is InChI=1S/C14H17Cl2NO3/c1-20-13-10(15)5-9(6-11(13)16)14(19)17-12-4-2-3-8(12)7-18/h5-6,8,12,18H,2-4,7H2,1H3,(H,17,19). The second kappa shape index (κ2) is 6.66. The van der Waals surface area contributed by atoms with E-state index in [0.29, 0.717) is 21.4 Å². The van der Waals surface area contributed by atoms with Gasteiger partial charge in [0.15, 0.2) is 5.75 Å². The van der Waals surface area contributed by atoms with Crippen LogP contribution in [0, 0.1) is 5.92 Å². The topological polar surface area (TPSA) is 58.6 Å². The molecule has 0 spiro atoms. The molecule has 2 rings (SSSR count). The molecule has 0 aromatic heterocycles. The zero-order valence-corrected chi connectivity index (χ0v) is 12.7. The van der Waals surface area contributed by atoms with E-state index in [4.69, 9.17) is 27.9 Å². The maximum atomic E-state index is 12.2. The van der Waals surface area contributed by atoms with Crippen LogP contribution in [0.1, 0.15) is 29.6 Å². The number of rotatable bonds is 4. The van der Waals surface area contributed by atoms with Crippen molar-refractivity contribution in [1.82, 2.24) is 5.32 Å². The molecule has 0 aliphatic heterocycles. The molecule has 20 heavy (non-hydrogen) atoms. The number of aliphatic hydroxyl groups excluding tert-OH is 1. The van der Waals surface area contributed by atoms with Gasteiger partial charge in [-0.25, -0.2) is 0 Å². The average molecular weight is 318 g/mol. The number of carbonyl (C=O) groups is 1. The molecule has 1 amide bonds. The summed E-state index contributed by atoms with van der Waals surface area (Å²) in [5.74, 6) is 0.254. The number of benzene rings is 1. The van der Waals surface area contributed by atoms with Crippen molar-refractivity contribution < 1.29 is 14.6 Å². The van der Waals surface area contributed by atoms with E-state index in [2.05, 4.69) is 5.32 Å². The smallest absolute Gasteiger partial charge is 0.251 e. The molecule has 2 unspecified atom stereocenters. The Balaban J connectivity index is 2.13. The SMILES string of the molecule is COc1c(Cl)cc(C(=O)NC2CCCC2CO)cc1Cl. The minimum Gasteiger partial charge on any atom is -0.494 e. The first-order valence-corrected chi connectivity index (χ1v) is 7.27. The lowest BCUT2D eigenvalue weighted by atomic mass is 10.0. The summed E-state index contributed by atoms with van der Waals surface area (Å²) < 4.78 is 5.05. The van der Waals surface area contributed by atoms with E-state index in [-0.39, 0.29) is 24.5 Å². The first kappa shape index (κ1) is 15.4. The van der Waals surface area contributed by atoms with Gasteiger partial charge in [0.1, 0.15) is 0 Å². The third-order valence-corrected chi connectivity index (χ3v) is 4.24. The van der Waals surface area contributed by atoms with Crippen LogP contribution in [0.2, 0.25) is 10.0 Å². The van der Waals surface area contributed by atoms with Gasteiger partial charge in [-0.2, -0.15) is 0 Å². The monoisotopic (exact) mass is 317 g/mol. The first-order valence-electron chi connectivity index (χ1n) is 6.51. The summed E-state index contributed by atoms with van der Waals surface area (Å²) in [4.78, 5) is 12.2. The van der Waals surface area contributed by atoms with Crippen LogP contribution in [-0.4, -0.2) is 30.8 Å². The molecule has 1 aromatic rings. The Morgan fingerprint density at radius 2 is 2.05 bits per heavy atom. The van der Waals surface area contributed by atoms with Crippen LogP contribution in [0.25, 0.3) is 0 Å². The van der Waals surface area contributed by atoms with Gasteiger partial charge in [-0.1, -0.05) is 29.6 Å². The van der Waals surface area contributed by atoms with E-state index in [9.17, 15) is 9.90 Å². The Hall–Kier alpha value is -0.970. The second-order valence-corrected chi connectivity index (χ2v) is 5.74. The van der Waals surface area contributed by atoms with Crippen LogP contribution in [0.15, 0.2) is 12.1 Å². The maximum absolute atomic E-state index is 12.2. The number of amides is 1. The molecule has 0 bridgehead atoms. The molecule has 6 heteroatoms. The zero-order chi connectivity index (χ0) is 14.7. The minimum absolute atomic E-state index is 0.00662. The van der Waals surface area contributed by atoms with E-state index in [1.807, 2.05) is 0 Å². The minimum atomic E-state index is -0.234. The van der Waals surface area contributed by atoms with E-state index >= 15 is 0 Å². The van der Waals surface area contributed by atoms with Crippen LogP contribution in [0.4, 0.5) is 0 Å². The van der Waals surface area contributed by atoms with E-state index in [1.165, 1.54) is 19.2 Å². The van der Waals surface area contributed by atoms with E-state index < -0.39 is 0 Å².